The number of nitrogens with one attached hydrogen (secondary N) is 1. The summed E-state index contributed by atoms with van der Waals surface area (Å²) in [5.41, 5.74) is 0.153. The highest BCUT2D eigenvalue weighted by atomic mass is 19.1. The first kappa shape index (κ1) is 16.2. The Labute approximate surface area is 125 Å². The van der Waals surface area contributed by atoms with E-state index in [9.17, 15) is 9.50 Å². The molecule has 1 fully saturated rings. The van der Waals surface area contributed by atoms with Gasteiger partial charge in [0.15, 0.2) is 11.6 Å². The minimum atomic E-state index is -0.440. The zero-order valence-corrected chi connectivity index (χ0v) is 13.0. The van der Waals surface area contributed by atoms with E-state index in [0.29, 0.717) is 5.56 Å². The van der Waals surface area contributed by atoms with Gasteiger partial charge in [0.25, 0.3) is 0 Å². The Hall–Kier alpha value is -1.17. The topological polar surface area (TPSA) is 44.7 Å². The summed E-state index contributed by atoms with van der Waals surface area (Å²) < 4.78 is 19.8. The highest BCUT2D eigenvalue weighted by molar-refractivity contribution is 5.34. The first-order valence-corrected chi connectivity index (χ1v) is 7.39. The van der Waals surface area contributed by atoms with Gasteiger partial charge in [-0.1, -0.05) is 26.0 Å². The number of hydrogen-bond acceptors (Lipinski definition) is 4. The number of aliphatic hydroxyl groups is 1. The zero-order chi connectivity index (χ0) is 15.5. The fraction of sp³-hybridized carbons (Fsp3) is 0.625. The van der Waals surface area contributed by atoms with Gasteiger partial charge in [0.1, 0.15) is 0 Å². The maximum Gasteiger partial charge on any atom is 0.169 e. The molecule has 1 heterocycles. The second-order valence-electron chi connectivity index (χ2n) is 6.20. The lowest BCUT2D eigenvalue weighted by molar-refractivity contribution is 0.0284. The molecule has 2 N–H and O–H groups in total. The van der Waals surface area contributed by atoms with E-state index in [-0.39, 0.29) is 24.2 Å². The van der Waals surface area contributed by atoms with E-state index < -0.39 is 5.41 Å². The molecule has 1 aliphatic heterocycles. The van der Waals surface area contributed by atoms with Gasteiger partial charge in [-0.25, -0.2) is 4.39 Å². The predicted molar refractivity (Wildman–Crippen MR) is 81.0 cm³/mol. The van der Waals surface area contributed by atoms with Crippen molar-refractivity contribution in [2.24, 2.45) is 5.41 Å². The second-order valence-corrected chi connectivity index (χ2v) is 6.20. The Bertz CT molecular complexity index is 473. The van der Waals surface area contributed by atoms with Crippen LogP contribution in [0, 0.1) is 11.2 Å². The van der Waals surface area contributed by atoms with Crippen LogP contribution in [0.2, 0.25) is 0 Å². The van der Waals surface area contributed by atoms with Crippen LogP contribution in [-0.2, 0) is 0 Å². The first-order valence-electron chi connectivity index (χ1n) is 7.39. The number of hydrogen-bond donors (Lipinski definition) is 2. The van der Waals surface area contributed by atoms with Crippen LogP contribution >= 0.6 is 0 Å². The van der Waals surface area contributed by atoms with Crippen molar-refractivity contribution in [3.05, 3.63) is 29.6 Å². The normalized spacial score (nSPS) is 18.5. The zero-order valence-electron chi connectivity index (χ0n) is 13.0. The summed E-state index contributed by atoms with van der Waals surface area (Å²) in [6, 6.07) is 5.04. The minimum Gasteiger partial charge on any atom is -0.494 e. The molecule has 1 aliphatic rings. The van der Waals surface area contributed by atoms with Gasteiger partial charge in [0.05, 0.1) is 7.11 Å². The van der Waals surface area contributed by atoms with Gasteiger partial charge in [0.2, 0.25) is 0 Å². The summed E-state index contributed by atoms with van der Waals surface area (Å²) in [7, 11) is 1.47. The second kappa shape index (κ2) is 6.73. The number of halogens is 1. The van der Waals surface area contributed by atoms with Crippen LogP contribution in [0.4, 0.5) is 4.39 Å². The molecule has 0 aromatic heterocycles. The quantitative estimate of drug-likeness (QED) is 0.870. The molecule has 5 heteroatoms. The van der Waals surface area contributed by atoms with Crippen molar-refractivity contribution in [2.45, 2.75) is 19.9 Å². The molecule has 1 aromatic carbocycles. The third-order valence-electron chi connectivity index (χ3n) is 4.17. The van der Waals surface area contributed by atoms with Crippen molar-refractivity contribution in [3.8, 4) is 5.75 Å². The fourth-order valence-electron chi connectivity index (χ4n) is 3.04. The number of ether oxygens (including phenoxy) is 1. The van der Waals surface area contributed by atoms with E-state index in [1.54, 1.807) is 18.2 Å². The number of nitrogens with zero attached hydrogens (tertiary/aromatic N) is 1. The van der Waals surface area contributed by atoms with E-state index in [0.717, 1.165) is 26.2 Å². The van der Waals surface area contributed by atoms with E-state index in [4.69, 9.17) is 4.74 Å². The molecule has 21 heavy (non-hydrogen) atoms. The number of methoxy groups -OCH3 is 1. The van der Waals surface area contributed by atoms with Crippen LogP contribution in [0.3, 0.4) is 0 Å². The van der Waals surface area contributed by atoms with Crippen LogP contribution in [0.1, 0.15) is 25.5 Å². The molecule has 0 aliphatic carbocycles. The largest absolute Gasteiger partial charge is 0.494 e. The van der Waals surface area contributed by atoms with E-state index in [2.05, 4.69) is 10.2 Å². The molecule has 0 saturated carbocycles. The van der Waals surface area contributed by atoms with Crippen molar-refractivity contribution in [1.29, 1.82) is 0 Å². The lowest BCUT2D eigenvalue weighted by Crippen LogP contribution is -2.49. The molecule has 0 bridgehead atoms. The van der Waals surface area contributed by atoms with Crippen LogP contribution in [0.5, 0.6) is 5.75 Å². The van der Waals surface area contributed by atoms with E-state index in [1.165, 1.54) is 7.11 Å². The number of benzene rings is 1. The van der Waals surface area contributed by atoms with Crippen LogP contribution < -0.4 is 10.1 Å². The average molecular weight is 296 g/mol. The van der Waals surface area contributed by atoms with Gasteiger partial charge in [-0.15, -0.1) is 0 Å². The van der Waals surface area contributed by atoms with E-state index in [1.807, 2.05) is 13.8 Å². The molecule has 2 rings (SSSR count). The van der Waals surface area contributed by atoms with Crippen molar-refractivity contribution in [3.63, 3.8) is 0 Å². The Balaban J connectivity index is 2.44. The molecule has 0 amide bonds. The van der Waals surface area contributed by atoms with Crippen molar-refractivity contribution in [1.82, 2.24) is 10.2 Å². The maximum atomic E-state index is 14.7. The summed E-state index contributed by atoms with van der Waals surface area (Å²) in [6.45, 7) is 7.37. The van der Waals surface area contributed by atoms with Gasteiger partial charge in [-0.2, -0.15) is 0 Å². The third kappa shape index (κ3) is 3.36. The van der Waals surface area contributed by atoms with Crippen LogP contribution in [0.25, 0.3) is 0 Å². The van der Waals surface area contributed by atoms with Gasteiger partial charge < -0.3 is 15.2 Å². The van der Waals surface area contributed by atoms with Crippen molar-refractivity contribution >= 4 is 0 Å². The van der Waals surface area contributed by atoms with Crippen molar-refractivity contribution < 1.29 is 14.2 Å². The third-order valence-corrected chi connectivity index (χ3v) is 4.17. The van der Waals surface area contributed by atoms with Gasteiger partial charge >= 0.3 is 0 Å². The fourth-order valence-corrected chi connectivity index (χ4v) is 3.04. The number of piperazine rings is 1. The van der Waals surface area contributed by atoms with Gasteiger partial charge in [-0.3, -0.25) is 4.90 Å². The Morgan fingerprint density at radius 3 is 2.62 bits per heavy atom. The van der Waals surface area contributed by atoms with E-state index >= 15 is 0 Å². The van der Waals surface area contributed by atoms with Gasteiger partial charge in [-0.05, 0) is 6.07 Å². The lowest BCUT2D eigenvalue weighted by atomic mass is 9.79. The maximum absolute atomic E-state index is 14.7. The van der Waals surface area contributed by atoms with Crippen LogP contribution in [-0.4, -0.2) is 49.9 Å². The minimum absolute atomic E-state index is 0.00174. The molecule has 1 aromatic rings. The molecular formula is C16H25FN2O2. The molecule has 0 radical (unpaired) electrons. The Morgan fingerprint density at radius 1 is 1.38 bits per heavy atom. The molecule has 4 nitrogen and oxygen atoms in total. The number of aliphatic hydroxyl groups excluding tert-OH is 1. The SMILES string of the molecule is COc1cccc([C@@H](N2CCNCC2)C(C)(C)CO)c1F. The number of rotatable bonds is 5. The Kier molecular flexibility index (Phi) is 5.19. The summed E-state index contributed by atoms with van der Waals surface area (Å²) in [5.74, 6) is -0.0774. The Morgan fingerprint density at radius 2 is 2.05 bits per heavy atom. The summed E-state index contributed by atoms with van der Waals surface area (Å²) in [6.07, 6.45) is 0. The van der Waals surface area contributed by atoms with Crippen LogP contribution in [0.15, 0.2) is 18.2 Å². The molecule has 0 spiro atoms. The standard InChI is InChI=1S/C16H25FN2O2/c1-16(2,11-20)15(19-9-7-18-8-10-19)12-5-4-6-13(21-3)14(12)17/h4-6,15,18,20H,7-11H2,1-3H3/t15-/m1/s1. The molecule has 0 unspecified atom stereocenters. The predicted octanol–water partition coefficient (Wildman–Crippen LogP) is 1.80. The summed E-state index contributed by atoms with van der Waals surface area (Å²) in [5, 5.41) is 13.1. The van der Waals surface area contributed by atoms with Gasteiger partial charge in [0, 0.05) is 49.8 Å². The average Bonchev–Trinajstić information content (AvgIpc) is 2.50. The highest BCUT2D eigenvalue weighted by Gasteiger charge is 2.37. The molecular weight excluding hydrogens is 271 g/mol. The molecule has 1 atom stereocenters. The van der Waals surface area contributed by atoms with Crippen molar-refractivity contribution in [2.75, 3.05) is 39.9 Å². The first-order chi connectivity index (χ1) is 10.0. The summed E-state index contributed by atoms with van der Waals surface area (Å²) in [4.78, 5) is 2.24. The highest BCUT2D eigenvalue weighted by Crippen LogP contribution is 2.40. The molecule has 1 saturated heterocycles. The molecule has 118 valence electrons. The monoisotopic (exact) mass is 296 g/mol. The smallest absolute Gasteiger partial charge is 0.169 e. The lowest BCUT2D eigenvalue weighted by Gasteiger charge is -2.43. The summed E-state index contributed by atoms with van der Waals surface area (Å²) >= 11 is 0.